The standard InChI is InChI=1S/C16H15ClN2O2/c1-10-3-8-14(11(2)9-10)16(20)21-19-15(18)12-4-6-13(17)7-5-12/h3-9H,1-2H3,(H2,18,19). The Labute approximate surface area is 128 Å². The number of halogens is 1. The quantitative estimate of drug-likeness (QED) is 0.409. The molecule has 4 nitrogen and oxygen atoms in total. The van der Waals surface area contributed by atoms with Crippen LogP contribution in [0, 0.1) is 13.8 Å². The van der Waals surface area contributed by atoms with Crippen molar-refractivity contribution in [2.45, 2.75) is 13.8 Å². The molecule has 2 rings (SSSR count). The molecule has 0 atom stereocenters. The molecule has 0 saturated carbocycles. The van der Waals surface area contributed by atoms with Crippen LogP contribution in [0.3, 0.4) is 0 Å². The lowest BCUT2D eigenvalue weighted by Gasteiger charge is -2.04. The topological polar surface area (TPSA) is 64.7 Å². The smallest absolute Gasteiger partial charge is 0.366 e. The maximum Gasteiger partial charge on any atom is 0.366 e. The first-order valence-electron chi connectivity index (χ1n) is 6.35. The van der Waals surface area contributed by atoms with E-state index in [1.54, 1.807) is 30.3 Å². The van der Waals surface area contributed by atoms with E-state index >= 15 is 0 Å². The molecule has 0 amide bonds. The number of oxime groups is 1. The Balaban J connectivity index is 2.12. The molecule has 0 radical (unpaired) electrons. The van der Waals surface area contributed by atoms with Gasteiger partial charge in [0.05, 0.1) is 5.56 Å². The van der Waals surface area contributed by atoms with Crippen molar-refractivity contribution >= 4 is 23.4 Å². The normalized spacial score (nSPS) is 11.3. The van der Waals surface area contributed by atoms with Gasteiger partial charge in [0, 0.05) is 10.6 Å². The number of aryl methyl sites for hydroxylation is 2. The minimum Gasteiger partial charge on any atom is -0.380 e. The summed E-state index contributed by atoms with van der Waals surface area (Å²) in [6.07, 6.45) is 0. The van der Waals surface area contributed by atoms with Crippen molar-refractivity contribution in [2.75, 3.05) is 0 Å². The van der Waals surface area contributed by atoms with E-state index in [4.69, 9.17) is 22.2 Å². The average molecular weight is 303 g/mol. The maximum atomic E-state index is 12.0. The maximum absolute atomic E-state index is 12.0. The highest BCUT2D eigenvalue weighted by Crippen LogP contribution is 2.13. The minimum atomic E-state index is -0.538. The predicted molar refractivity (Wildman–Crippen MR) is 83.5 cm³/mol. The zero-order valence-electron chi connectivity index (χ0n) is 11.8. The number of hydrogen-bond donors (Lipinski definition) is 1. The summed E-state index contributed by atoms with van der Waals surface area (Å²) < 4.78 is 0. The molecule has 0 unspecified atom stereocenters. The zero-order valence-corrected chi connectivity index (χ0v) is 12.5. The van der Waals surface area contributed by atoms with E-state index in [2.05, 4.69) is 5.16 Å². The fourth-order valence-electron chi connectivity index (χ4n) is 1.86. The van der Waals surface area contributed by atoms with Gasteiger partial charge in [-0.15, -0.1) is 0 Å². The average Bonchev–Trinajstić information content (AvgIpc) is 2.45. The van der Waals surface area contributed by atoms with Crippen molar-refractivity contribution in [3.8, 4) is 0 Å². The number of nitrogens with two attached hydrogens (primary N) is 1. The second-order valence-electron chi connectivity index (χ2n) is 4.68. The number of benzene rings is 2. The number of rotatable bonds is 3. The minimum absolute atomic E-state index is 0.116. The molecule has 0 aliphatic carbocycles. The molecule has 0 saturated heterocycles. The second-order valence-corrected chi connectivity index (χ2v) is 5.12. The van der Waals surface area contributed by atoms with Crippen molar-refractivity contribution in [1.82, 2.24) is 0 Å². The number of hydrogen-bond acceptors (Lipinski definition) is 3. The van der Waals surface area contributed by atoms with Gasteiger partial charge in [0.2, 0.25) is 0 Å². The molecule has 0 bridgehead atoms. The van der Waals surface area contributed by atoms with Gasteiger partial charge in [0.1, 0.15) is 0 Å². The van der Waals surface area contributed by atoms with E-state index < -0.39 is 5.97 Å². The molecular formula is C16H15ClN2O2. The third kappa shape index (κ3) is 3.83. The summed E-state index contributed by atoms with van der Waals surface area (Å²) >= 11 is 5.79. The van der Waals surface area contributed by atoms with Crippen molar-refractivity contribution in [3.05, 3.63) is 69.7 Å². The molecule has 0 aliphatic heterocycles. The third-order valence-corrected chi connectivity index (χ3v) is 3.22. The molecule has 2 aromatic rings. The van der Waals surface area contributed by atoms with Crippen molar-refractivity contribution in [2.24, 2.45) is 10.9 Å². The van der Waals surface area contributed by atoms with Gasteiger partial charge in [-0.05, 0) is 49.7 Å². The van der Waals surface area contributed by atoms with Crippen LogP contribution >= 0.6 is 11.6 Å². The monoisotopic (exact) mass is 302 g/mol. The molecule has 5 heteroatoms. The van der Waals surface area contributed by atoms with Gasteiger partial charge in [-0.3, -0.25) is 0 Å². The lowest BCUT2D eigenvalue weighted by atomic mass is 10.1. The highest BCUT2D eigenvalue weighted by atomic mass is 35.5. The molecule has 2 aromatic carbocycles. The first kappa shape index (κ1) is 15.1. The Hall–Kier alpha value is -2.33. The number of carbonyl (C=O) groups excluding carboxylic acids is 1. The summed E-state index contributed by atoms with van der Waals surface area (Å²) in [6, 6.07) is 12.2. The van der Waals surface area contributed by atoms with Gasteiger partial charge >= 0.3 is 5.97 Å². The SMILES string of the molecule is Cc1ccc(C(=O)O/N=C(/N)c2ccc(Cl)cc2)c(C)c1. The van der Waals surface area contributed by atoms with E-state index in [-0.39, 0.29) is 5.84 Å². The summed E-state index contributed by atoms with van der Waals surface area (Å²) in [7, 11) is 0. The van der Waals surface area contributed by atoms with Crippen LogP contribution in [-0.4, -0.2) is 11.8 Å². The van der Waals surface area contributed by atoms with Gasteiger partial charge in [-0.1, -0.05) is 34.5 Å². The molecule has 0 heterocycles. The van der Waals surface area contributed by atoms with Crippen LogP contribution in [0.2, 0.25) is 5.02 Å². The van der Waals surface area contributed by atoms with E-state index in [1.165, 1.54) is 0 Å². The Morgan fingerprint density at radius 2 is 1.81 bits per heavy atom. The second kappa shape index (κ2) is 6.41. The van der Waals surface area contributed by atoms with Crippen molar-refractivity contribution in [3.63, 3.8) is 0 Å². The molecule has 0 spiro atoms. The largest absolute Gasteiger partial charge is 0.380 e. The Morgan fingerprint density at radius 3 is 2.43 bits per heavy atom. The van der Waals surface area contributed by atoms with Gasteiger partial charge < -0.3 is 10.6 Å². The van der Waals surface area contributed by atoms with E-state index in [9.17, 15) is 4.79 Å². The van der Waals surface area contributed by atoms with E-state index in [1.807, 2.05) is 26.0 Å². The Bertz CT molecular complexity index is 694. The van der Waals surface area contributed by atoms with Crippen LogP contribution < -0.4 is 5.73 Å². The van der Waals surface area contributed by atoms with Gasteiger partial charge in [-0.2, -0.15) is 0 Å². The Kier molecular flexibility index (Phi) is 4.60. The zero-order chi connectivity index (χ0) is 15.4. The lowest BCUT2D eigenvalue weighted by Crippen LogP contribution is -2.15. The van der Waals surface area contributed by atoms with Crippen LogP contribution in [-0.2, 0) is 4.84 Å². The molecular weight excluding hydrogens is 288 g/mol. The lowest BCUT2D eigenvalue weighted by molar-refractivity contribution is 0.0515. The highest BCUT2D eigenvalue weighted by molar-refractivity contribution is 6.30. The highest BCUT2D eigenvalue weighted by Gasteiger charge is 2.11. The van der Waals surface area contributed by atoms with Crippen LogP contribution in [0.4, 0.5) is 0 Å². The summed E-state index contributed by atoms with van der Waals surface area (Å²) in [5, 5.41) is 4.26. The number of nitrogens with zero attached hydrogens (tertiary/aromatic N) is 1. The van der Waals surface area contributed by atoms with Crippen LogP contribution in [0.15, 0.2) is 47.6 Å². The van der Waals surface area contributed by atoms with Crippen LogP contribution in [0.5, 0.6) is 0 Å². The summed E-state index contributed by atoms with van der Waals surface area (Å²) in [6.45, 7) is 3.80. The fourth-order valence-corrected chi connectivity index (χ4v) is 1.98. The molecule has 0 fully saturated rings. The van der Waals surface area contributed by atoms with Crippen molar-refractivity contribution < 1.29 is 9.63 Å². The number of amidine groups is 1. The first-order chi connectivity index (χ1) is 9.97. The first-order valence-corrected chi connectivity index (χ1v) is 6.73. The summed E-state index contributed by atoms with van der Waals surface area (Å²) in [4.78, 5) is 16.8. The summed E-state index contributed by atoms with van der Waals surface area (Å²) in [5.74, 6) is -0.422. The number of carbonyl (C=O) groups is 1. The molecule has 0 aliphatic rings. The van der Waals surface area contributed by atoms with E-state index in [0.29, 0.717) is 16.1 Å². The third-order valence-electron chi connectivity index (χ3n) is 2.97. The Morgan fingerprint density at radius 1 is 1.14 bits per heavy atom. The molecule has 108 valence electrons. The van der Waals surface area contributed by atoms with Gasteiger partial charge in [0.15, 0.2) is 5.84 Å². The summed E-state index contributed by atoms with van der Waals surface area (Å²) in [5.41, 5.74) is 8.77. The van der Waals surface area contributed by atoms with Gasteiger partial charge in [0.25, 0.3) is 0 Å². The van der Waals surface area contributed by atoms with Crippen LogP contribution in [0.1, 0.15) is 27.0 Å². The molecule has 0 aromatic heterocycles. The van der Waals surface area contributed by atoms with E-state index in [0.717, 1.165) is 11.1 Å². The van der Waals surface area contributed by atoms with Crippen LogP contribution in [0.25, 0.3) is 0 Å². The molecule has 2 N–H and O–H groups in total. The fraction of sp³-hybridized carbons (Fsp3) is 0.125. The molecule has 21 heavy (non-hydrogen) atoms. The van der Waals surface area contributed by atoms with Crippen molar-refractivity contribution in [1.29, 1.82) is 0 Å². The van der Waals surface area contributed by atoms with Gasteiger partial charge in [-0.25, -0.2) is 4.79 Å². The predicted octanol–water partition coefficient (Wildman–Crippen LogP) is 3.43.